The van der Waals surface area contributed by atoms with Gasteiger partial charge in [0.15, 0.2) is 0 Å². The zero-order valence-electron chi connectivity index (χ0n) is 9.25. The average Bonchev–Trinajstić information content (AvgIpc) is 2.83. The number of nitrogens with one attached hydrogen (secondary N) is 1. The Morgan fingerprint density at radius 3 is 2.80 bits per heavy atom. The van der Waals surface area contributed by atoms with Crippen LogP contribution in [-0.2, 0) is 4.79 Å². The molecule has 0 bridgehead atoms. The molecule has 0 aliphatic heterocycles. The summed E-state index contributed by atoms with van der Waals surface area (Å²) in [5, 5.41) is 12.0. The lowest BCUT2D eigenvalue weighted by molar-refractivity contribution is -0.132. The molecule has 0 aromatic heterocycles. The maximum atomic E-state index is 11.8. The first-order valence-corrected chi connectivity index (χ1v) is 5.94. The Labute approximate surface area is 90.8 Å². The van der Waals surface area contributed by atoms with Crippen LogP contribution in [-0.4, -0.2) is 11.9 Å². The quantitative estimate of drug-likeness (QED) is 0.764. The lowest BCUT2D eigenvalue weighted by Crippen LogP contribution is -2.45. The fourth-order valence-corrected chi connectivity index (χ4v) is 2.34. The standard InChI is InChI=1S/C12H18N2O/c1-2-4-9-7-10(9)14-11(15)12(8-13)5-3-6-12/h9-10H,2-7H2,1H3,(H,14,15). The van der Waals surface area contributed by atoms with Crippen molar-refractivity contribution in [1.82, 2.24) is 5.32 Å². The van der Waals surface area contributed by atoms with Crippen LogP contribution >= 0.6 is 0 Å². The van der Waals surface area contributed by atoms with Crippen LogP contribution in [0.25, 0.3) is 0 Å². The molecular formula is C12H18N2O. The number of hydrogen-bond acceptors (Lipinski definition) is 2. The van der Waals surface area contributed by atoms with E-state index in [2.05, 4.69) is 18.3 Å². The maximum absolute atomic E-state index is 11.8. The molecular weight excluding hydrogens is 188 g/mol. The van der Waals surface area contributed by atoms with Gasteiger partial charge in [0.2, 0.25) is 5.91 Å². The molecule has 0 aromatic carbocycles. The third-order valence-corrected chi connectivity index (χ3v) is 3.75. The van der Waals surface area contributed by atoms with Gasteiger partial charge in [0.1, 0.15) is 5.41 Å². The molecule has 0 saturated heterocycles. The van der Waals surface area contributed by atoms with E-state index in [1.54, 1.807) is 0 Å². The van der Waals surface area contributed by atoms with Gasteiger partial charge in [0, 0.05) is 6.04 Å². The highest BCUT2D eigenvalue weighted by molar-refractivity contribution is 5.86. The van der Waals surface area contributed by atoms with Crippen molar-refractivity contribution in [2.24, 2.45) is 11.3 Å². The van der Waals surface area contributed by atoms with Gasteiger partial charge in [-0.25, -0.2) is 0 Å². The van der Waals surface area contributed by atoms with Crippen LogP contribution in [0.5, 0.6) is 0 Å². The van der Waals surface area contributed by atoms with Crippen LogP contribution < -0.4 is 5.32 Å². The number of amides is 1. The van der Waals surface area contributed by atoms with Gasteiger partial charge >= 0.3 is 0 Å². The van der Waals surface area contributed by atoms with Crippen LogP contribution in [0.1, 0.15) is 45.4 Å². The molecule has 3 heteroatoms. The molecule has 82 valence electrons. The van der Waals surface area contributed by atoms with E-state index >= 15 is 0 Å². The van der Waals surface area contributed by atoms with E-state index in [1.807, 2.05) is 0 Å². The predicted molar refractivity (Wildman–Crippen MR) is 56.8 cm³/mol. The van der Waals surface area contributed by atoms with Crippen molar-refractivity contribution in [3.63, 3.8) is 0 Å². The third kappa shape index (κ3) is 1.86. The number of hydrogen-bond donors (Lipinski definition) is 1. The minimum absolute atomic E-state index is 0.0140. The Kier molecular flexibility index (Phi) is 2.68. The van der Waals surface area contributed by atoms with Gasteiger partial charge in [0.25, 0.3) is 0 Å². The summed E-state index contributed by atoms with van der Waals surface area (Å²) in [4.78, 5) is 11.8. The number of carbonyl (C=O) groups excluding carboxylic acids is 1. The molecule has 2 atom stereocenters. The zero-order chi connectivity index (χ0) is 10.9. The summed E-state index contributed by atoms with van der Waals surface area (Å²) in [5.74, 6) is 0.662. The minimum atomic E-state index is -0.667. The molecule has 3 nitrogen and oxygen atoms in total. The molecule has 1 amide bonds. The van der Waals surface area contributed by atoms with E-state index < -0.39 is 5.41 Å². The zero-order valence-corrected chi connectivity index (χ0v) is 9.25. The fourth-order valence-electron chi connectivity index (χ4n) is 2.34. The van der Waals surface area contributed by atoms with Gasteiger partial charge in [-0.05, 0) is 38.0 Å². The highest BCUT2D eigenvalue weighted by Gasteiger charge is 2.47. The normalized spacial score (nSPS) is 31.2. The van der Waals surface area contributed by atoms with Crippen molar-refractivity contribution in [3.8, 4) is 6.07 Å². The summed E-state index contributed by atoms with van der Waals surface area (Å²) in [6.45, 7) is 2.17. The summed E-state index contributed by atoms with van der Waals surface area (Å²) in [6, 6.07) is 2.55. The molecule has 2 aliphatic rings. The van der Waals surface area contributed by atoms with Crippen LogP contribution in [0.4, 0.5) is 0 Å². The van der Waals surface area contributed by atoms with E-state index in [0.29, 0.717) is 12.0 Å². The number of nitriles is 1. The monoisotopic (exact) mass is 206 g/mol. The SMILES string of the molecule is CCCC1CC1NC(=O)C1(C#N)CCC1. The Morgan fingerprint density at radius 1 is 1.60 bits per heavy atom. The van der Waals surface area contributed by atoms with Crippen LogP contribution in [0.2, 0.25) is 0 Å². The van der Waals surface area contributed by atoms with Crippen molar-refractivity contribution < 1.29 is 4.79 Å². The predicted octanol–water partition coefficient (Wildman–Crippen LogP) is 1.99. The molecule has 0 spiro atoms. The van der Waals surface area contributed by atoms with E-state index in [0.717, 1.165) is 25.7 Å². The Bertz CT molecular complexity index is 301. The first-order valence-electron chi connectivity index (χ1n) is 5.94. The van der Waals surface area contributed by atoms with Crippen molar-refractivity contribution >= 4 is 5.91 Å². The highest BCUT2D eigenvalue weighted by Crippen LogP contribution is 2.42. The molecule has 2 fully saturated rings. The minimum Gasteiger partial charge on any atom is -0.352 e. The van der Waals surface area contributed by atoms with Crippen molar-refractivity contribution in [1.29, 1.82) is 5.26 Å². The van der Waals surface area contributed by atoms with Gasteiger partial charge in [-0.2, -0.15) is 5.26 Å². The third-order valence-electron chi connectivity index (χ3n) is 3.75. The molecule has 0 aromatic rings. The smallest absolute Gasteiger partial charge is 0.240 e. The van der Waals surface area contributed by atoms with Crippen LogP contribution in [0.15, 0.2) is 0 Å². The van der Waals surface area contributed by atoms with Gasteiger partial charge in [-0.15, -0.1) is 0 Å². The van der Waals surface area contributed by atoms with E-state index in [9.17, 15) is 4.79 Å². The molecule has 2 saturated carbocycles. The summed E-state index contributed by atoms with van der Waals surface area (Å²) in [5.41, 5.74) is -0.667. The van der Waals surface area contributed by atoms with Crippen molar-refractivity contribution in [2.45, 2.75) is 51.5 Å². The Hall–Kier alpha value is -1.04. The van der Waals surface area contributed by atoms with Gasteiger partial charge in [-0.3, -0.25) is 4.79 Å². The van der Waals surface area contributed by atoms with Crippen molar-refractivity contribution in [2.75, 3.05) is 0 Å². The van der Waals surface area contributed by atoms with E-state index in [-0.39, 0.29) is 5.91 Å². The molecule has 15 heavy (non-hydrogen) atoms. The van der Waals surface area contributed by atoms with Gasteiger partial charge in [0.05, 0.1) is 6.07 Å². The van der Waals surface area contributed by atoms with Crippen molar-refractivity contribution in [3.05, 3.63) is 0 Å². The Balaban J connectivity index is 1.81. The molecule has 0 heterocycles. The molecule has 2 aliphatic carbocycles. The lowest BCUT2D eigenvalue weighted by atomic mass is 9.69. The summed E-state index contributed by atoms with van der Waals surface area (Å²) in [7, 11) is 0. The maximum Gasteiger partial charge on any atom is 0.240 e. The summed E-state index contributed by atoms with van der Waals surface area (Å²) >= 11 is 0. The fraction of sp³-hybridized carbons (Fsp3) is 0.833. The molecule has 1 N–H and O–H groups in total. The van der Waals surface area contributed by atoms with Crippen LogP contribution in [0.3, 0.4) is 0 Å². The molecule has 2 unspecified atom stereocenters. The highest BCUT2D eigenvalue weighted by atomic mass is 16.2. The first-order chi connectivity index (χ1) is 7.22. The second-order valence-electron chi connectivity index (χ2n) is 4.91. The van der Waals surface area contributed by atoms with Gasteiger partial charge < -0.3 is 5.32 Å². The topological polar surface area (TPSA) is 52.9 Å². The van der Waals surface area contributed by atoms with E-state index in [4.69, 9.17) is 5.26 Å². The Morgan fingerprint density at radius 2 is 2.33 bits per heavy atom. The first kappa shape index (κ1) is 10.5. The second-order valence-corrected chi connectivity index (χ2v) is 4.91. The van der Waals surface area contributed by atoms with E-state index in [1.165, 1.54) is 12.8 Å². The largest absolute Gasteiger partial charge is 0.352 e. The summed E-state index contributed by atoms with van der Waals surface area (Å²) in [6.07, 6.45) is 6.01. The lowest BCUT2D eigenvalue weighted by Gasteiger charge is -2.33. The number of nitrogens with zero attached hydrogens (tertiary/aromatic N) is 1. The summed E-state index contributed by atoms with van der Waals surface area (Å²) < 4.78 is 0. The van der Waals surface area contributed by atoms with Gasteiger partial charge in [-0.1, -0.05) is 13.3 Å². The van der Waals surface area contributed by atoms with Crippen LogP contribution in [0, 0.1) is 22.7 Å². The molecule has 0 radical (unpaired) electrons. The second kappa shape index (κ2) is 3.84. The number of rotatable bonds is 4. The number of carbonyl (C=O) groups is 1. The average molecular weight is 206 g/mol. The molecule has 2 rings (SSSR count).